The average Bonchev–Trinajstić information content (AvgIpc) is 2.94. The quantitative estimate of drug-likeness (QED) is 0.223. The topological polar surface area (TPSA) is 141 Å². The van der Waals surface area contributed by atoms with Gasteiger partial charge in [0.25, 0.3) is 5.91 Å². The molecule has 2 fully saturated rings. The maximum Gasteiger partial charge on any atom is 0.311 e. The van der Waals surface area contributed by atoms with E-state index in [0.717, 1.165) is 22.3 Å². The summed E-state index contributed by atoms with van der Waals surface area (Å²) in [4.78, 5) is 39.5. The molecule has 1 unspecified atom stereocenters. The second kappa shape index (κ2) is 12.6. The number of hydroxylamine groups is 4. The summed E-state index contributed by atoms with van der Waals surface area (Å²) in [6, 6.07) is -0.224. The molecule has 1 aromatic rings. The maximum atomic E-state index is 13.7. The number of piperidine rings is 2. The van der Waals surface area contributed by atoms with E-state index in [-0.39, 0.29) is 36.7 Å². The van der Waals surface area contributed by atoms with E-state index in [0.29, 0.717) is 50.0 Å². The van der Waals surface area contributed by atoms with Crippen molar-refractivity contribution < 1.29 is 34.3 Å². The van der Waals surface area contributed by atoms with E-state index in [1.165, 1.54) is 10.1 Å². The summed E-state index contributed by atoms with van der Waals surface area (Å²) >= 11 is 0. The van der Waals surface area contributed by atoms with E-state index in [4.69, 9.17) is 9.47 Å². The van der Waals surface area contributed by atoms with Gasteiger partial charge in [-0.15, -0.1) is 0 Å². The highest BCUT2D eigenvalue weighted by molar-refractivity contribution is 5.86. The lowest BCUT2D eigenvalue weighted by Gasteiger charge is -2.52. The predicted octanol–water partition coefficient (Wildman–Crippen LogP) is 5.44. The molecule has 0 aromatic heterocycles. The van der Waals surface area contributed by atoms with Crippen LogP contribution in [-0.4, -0.2) is 78.2 Å². The fourth-order valence-electron chi connectivity index (χ4n) is 8.31. The molecular weight excluding hydrogens is 600 g/mol. The highest BCUT2D eigenvalue weighted by Crippen LogP contribution is 2.45. The number of esters is 1. The van der Waals surface area contributed by atoms with Crippen molar-refractivity contribution >= 4 is 17.8 Å². The fraction of sp³-hybridized carbons (Fsp3) is 0.750. The van der Waals surface area contributed by atoms with Gasteiger partial charge in [0.05, 0.1) is 6.42 Å². The summed E-state index contributed by atoms with van der Waals surface area (Å²) in [5, 5.41) is 30.3. The second-order valence-electron chi connectivity index (χ2n) is 16.9. The molecule has 4 N–H and O–H groups in total. The number of rotatable bonds is 7. The zero-order valence-electron chi connectivity index (χ0n) is 30.6. The number of nitrogens with zero attached hydrogens (tertiary/aromatic N) is 2. The number of fused-ring (bicyclic) bond motifs is 1. The van der Waals surface area contributed by atoms with Crippen molar-refractivity contribution in [3.8, 4) is 11.5 Å². The van der Waals surface area contributed by atoms with Gasteiger partial charge in [-0.25, -0.2) is 0 Å². The lowest BCUT2D eigenvalue weighted by Crippen LogP contribution is -2.64. The van der Waals surface area contributed by atoms with Gasteiger partial charge < -0.3 is 30.5 Å². The minimum absolute atomic E-state index is 0.00329. The Labute approximate surface area is 280 Å². The molecule has 1 aromatic carbocycles. The number of nitrogens with one attached hydrogen (secondary N) is 2. The highest BCUT2D eigenvalue weighted by Gasteiger charge is 2.48. The molecule has 4 rings (SSSR count). The Morgan fingerprint density at radius 1 is 0.745 bits per heavy atom. The molecule has 3 heterocycles. The normalized spacial score (nSPS) is 25.7. The first-order valence-corrected chi connectivity index (χ1v) is 17.0. The molecule has 3 aliphatic heterocycles. The van der Waals surface area contributed by atoms with Crippen LogP contribution in [0.2, 0.25) is 0 Å². The Balaban J connectivity index is 1.39. The monoisotopic (exact) mass is 658 g/mol. The molecule has 0 radical (unpaired) electrons. The zero-order chi connectivity index (χ0) is 35.5. The van der Waals surface area contributed by atoms with Gasteiger partial charge in [0.15, 0.2) is 5.60 Å². The molecule has 47 heavy (non-hydrogen) atoms. The summed E-state index contributed by atoms with van der Waals surface area (Å²) in [7, 11) is 0. The smallest absolute Gasteiger partial charge is 0.311 e. The van der Waals surface area contributed by atoms with E-state index in [1.54, 1.807) is 0 Å². The molecule has 264 valence electrons. The third-order valence-electron chi connectivity index (χ3n) is 10.7. The van der Waals surface area contributed by atoms with Crippen molar-refractivity contribution in [2.45, 2.75) is 174 Å². The molecule has 0 spiro atoms. The van der Waals surface area contributed by atoms with Crippen molar-refractivity contribution in [2.75, 3.05) is 0 Å². The number of benzene rings is 1. The first-order valence-electron chi connectivity index (χ1n) is 17.0. The van der Waals surface area contributed by atoms with E-state index >= 15 is 0 Å². The van der Waals surface area contributed by atoms with Gasteiger partial charge in [0.1, 0.15) is 11.5 Å². The number of carbonyl (C=O) groups is 3. The summed E-state index contributed by atoms with van der Waals surface area (Å²) < 4.78 is 12.4. The van der Waals surface area contributed by atoms with Crippen LogP contribution in [-0.2, 0) is 20.8 Å². The maximum absolute atomic E-state index is 13.7. The molecule has 11 nitrogen and oxygen atoms in total. The number of hydrogen-bond acceptors (Lipinski definition) is 9. The average molecular weight is 659 g/mol. The Morgan fingerprint density at radius 2 is 1.21 bits per heavy atom. The van der Waals surface area contributed by atoms with Crippen LogP contribution in [0.15, 0.2) is 0 Å². The van der Waals surface area contributed by atoms with Gasteiger partial charge in [-0.3, -0.25) is 14.4 Å². The number of amides is 2. The standard InChI is InChI=1S/C36H58N4O7/c1-21-22(2)30-26(15-16-36(12,47-30)31(43)38-25-19-34(8,9)40(45)35(10,11)20-25)23(3)29(21)46-28(42)14-13-27(41)37-24-17-32(4,5)39(44)33(6,7)18-24/h24-25,44-45H,13-20H2,1-12H3,(H,37,41)(H,38,43). The van der Waals surface area contributed by atoms with E-state index < -0.39 is 33.7 Å². The van der Waals surface area contributed by atoms with Gasteiger partial charge in [0.2, 0.25) is 5.91 Å². The van der Waals surface area contributed by atoms with Crippen molar-refractivity contribution in [1.82, 2.24) is 20.8 Å². The largest absolute Gasteiger partial charge is 0.477 e. The van der Waals surface area contributed by atoms with Crippen molar-refractivity contribution in [1.29, 1.82) is 0 Å². The second-order valence-corrected chi connectivity index (χ2v) is 16.9. The molecule has 3 aliphatic rings. The SMILES string of the molecule is Cc1c(C)c2c(c(C)c1OC(=O)CCC(=O)NC1CC(C)(C)N(O)C(C)(C)C1)CCC(C)(C(=O)NC1CC(C)(C)N(O)C(C)(C)C1)O2. The molecular formula is C36H58N4O7. The summed E-state index contributed by atoms with van der Waals surface area (Å²) in [5.41, 5.74) is 0.226. The summed E-state index contributed by atoms with van der Waals surface area (Å²) in [5.74, 6) is 0.233. The first-order chi connectivity index (χ1) is 21.4. The van der Waals surface area contributed by atoms with Crippen molar-refractivity contribution in [3.63, 3.8) is 0 Å². The lowest BCUT2D eigenvalue weighted by atomic mass is 9.78. The first kappa shape index (κ1) is 37.1. The van der Waals surface area contributed by atoms with Crippen LogP contribution in [0.3, 0.4) is 0 Å². The zero-order valence-corrected chi connectivity index (χ0v) is 30.6. The van der Waals surface area contributed by atoms with Crippen LogP contribution in [0.4, 0.5) is 0 Å². The predicted molar refractivity (Wildman–Crippen MR) is 179 cm³/mol. The minimum atomic E-state index is -1.08. The van der Waals surface area contributed by atoms with Gasteiger partial charge in [0, 0.05) is 52.6 Å². The Kier molecular flexibility index (Phi) is 9.96. The number of ether oxygens (including phenoxy) is 2. The van der Waals surface area contributed by atoms with Crippen LogP contribution in [0, 0.1) is 20.8 Å². The van der Waals surface area contributed by atoms with E-state index in [1.807, 2.05) is 83.1 Å². The van der Waals surface area contributed by atoms with Crippen molar-refractivity contribution in [2.24, 2.45) is 0 Å². The number of carbonyl (C=O) groups excluding carboxylic acids is 3. The molecule has 0 bridgehead atoms. The van der Waals surface area contributed by atoms with Crippen LogP contribution in [0.25, 0.3) is 0 Å². The number of hydrogen-bond donors (Lipinski definition) is 4. The highest BCUT2D eigenvalue weighted by atomic mass is 16.5. The fourth-order valence-corrected chi connectivity index (χ4v) is 8.31. The van der Waals surface area contributed by atoms with Crippen LogP contribution >= 0.6 is 0 Å². The van der Waals surface area contributed by atoms with E-state index in [2.05, 4.69) is 10.6 Å². The van der Waals surface area contributed by atoms with Crippen LogP contribution in [0.5, 0.6) is 11.5 Å². The Bertz CT molecular complexity index is 1380. The third-order valence-corrected chi connectivity index (χ3v) is 10.7. The van der Waals surface area contributed by atoms with Crippen LogP contribution in [0.1, 0.15) is 130 Å². The molecule has 0 saturated carbocycles. The molecule has 0 aliphatic carbocycles. The van der Waals surface area contributed by atoms with Gasteiger partial charge in [-0.05, 0) is 132 Å². The molecule has 11 heteroatoms. The van der Waals surface area contributed by atoms with Gasteiger partial charge >= 0.3 is 5.97 Å². The lowest BCUT2D eigenvalue weighted by molar-refractivity contribution is -0.246. The van der Waals surface area contributed by atoms with Gasteiger partial charge in [-0.1, -0.05) is 0 Å². The van der Waals surface area contributed by atoms with E-state index in [9.17, 15) is 24.8 Å². The molecule has 1 atom stereocenters. The third kappa shape index (κ3) is 7.48. The van der Waals surface area contributed by atoms with Crippen LogP contribution < -0.4 is 20.1 Å². The summed E-state index contributed by atoms with van der Waals surface area (Å²) in [6.07, 6.45) is 3.38. The van der Waals surface area contributed by atoms with Gasteiger partial charge in [-0.2, -0.15) is 10.1 Å². The Morgan fingerprint density at radius 3 is 1.70 bits per heavy atom. The Hall–Kier alpha value is -2.73. The summed E-state index contributed by atoms with van der Waals surface area (Å²) in [6.45, 7) is 23.2. The molecule has 2 amide bonds. The molecule has 2 saturated heterocycles. The minimum Gasteiger partial charge on any atom is -0.477 e. The van der Waals surface area contributed by atoms with Crippen molar-refractivity contribution in [3.05, 3.63) is 22.3 Å².